The van der Waals surface area contributed by atoms with Crippen LogP contribution in [0.2, 0.25) is 5.02 Å². The van der Waals surface area contributed by atoms with Crippen LogP contribution in [0.15, 0.2) is 18.2 Å². The molecule has 1 aliphatic rings. The quantitative estimate of drug-likeness (QED) is 0.789. The summed E-state index contributed by atoms with van der Waals surface area (Å²) in [6, 6.07) is 4.26. The minimum Gasteiger partial charge on any atom is -0.481 e. The molecule has 1 fully saturated rings. The largest absolute Gasteiger partial charge is 0.481 e. The highest BCUT2D eigenvalue weighted by Crippen LogP contribution is 2.35. The van der Waals surface area contributed by atoms with Crippen LogP contribution in [0.1, 0.15) is 38.3 Å². The summed E-state index contributed by atoms with van der Waals surface area (Å²) >= 11 is 5.80. The molecule has 1 aromatic rings. The van der Waals surface area contributed by atoms with Crippen LogP contribution < -0.4 is 5.32 Å². The van der Waals surface area contributed by atoms with E-state index in [1.54, 1.807) is 13.1 Å². The van der Waals surface area contributed by atoms with Crippen molar-refractivity contribution in [1.29, 1.82) is 0 Å². The molecule has 1 aromatic carbocycles. The Morgan fingerprint density at radius 3 is 2.73 bits per heavy atom. The van der Waals surface area contributed by atoms with Gasteiger partial charge in [-0.05, 0) is 38.0 Å². The molecule has 0 aliphatic carbocycles. The fraction of sp³-hybridized carbons (Fsp3) is 0.556. The van der Waals surface area contributed by atoms with Crippen LogP contribution in [0, 0.1) is 5.82 Å². The summed E-state index contributed by atoms with van der Waals surface area (Å²) in [4.78, 5) is 26.6. The number of hydrogen-bond acceptors (Lipinski definition) is 3. The number of halogens is 2. The molecule has 2 N–H and O–H groups in total. The highest BCUT2D eigenvalue weighted by atomic mass is 35.5. The number of urea groups is 1. The summed E-state index contributed by atoms with van der Waals surface area (Å²) in [6.45, 7) is 5.02. The fourth-order valence-electron chi connectivity index (χ4n) is 3.30. The molecule has 2 unspecified atom stereocenters. The number of carboxylic acid groups (broad SMARTS) is 1. The molecule has 0 radical (unpaired) electrons. The van der Waals surface area contributed by atoms with E-state index < -0.39 is 11.8 Å². The van der Waals surface area contributed by atoms with Gasteiger partial charge in [0.15, 0.2) is 0 Å². The second kappa shape index (κ2) is 8.68. The SMILES string of the molecule is CC(C)N1CCC(NC(=O)N(C)CCC(=O)O)C1c1ccc(Cl)c(F)c1. The van der Waals surface area contributed by atoms with E-state index >= 15 is 0 Å². The number of nitrogens with one attached hydrogen (secondary N) is 1. The van der Waals surface area contributed by atoms with Gasteiger partial charge in [-0.15, -0.1) is 0 Å². The van der Waals surface area contributed by atoms with Crippen molar-refractivity contribution in [3.63, 3.8) is 0 Å². The lowest BCUT2D eigenvalue weighted by molar-refractivity contribution is -0.137. The van der Waals surface area contributed by atoms with Crippen molar-refractivity contribution in [2.75, 3.05) is 20.1 Å². The molecule has 2 atom stereocenters. The van der Waals surface area contributed by atoms with E-state index in [-0.39, 0.29) is 42.1 Å². The first kappa shape index (κ1) is 20.5. The van der Waals surface area contributed by atoms with Gasteiger partial charge in [-0.3, -0.25) is 9.69 Å². The van der Waals surface area contributed by atoms with Crippen LogP contribution in [-0.4, -0.2) is 59.1 Å². The minimum absolute atomic E-state index is 0.0665. The molecule has 1 heterocycles. The van der Waals surface area contributed by atoms with Crippen molar-refractivity contribution >= 4 is 23.6 Å². The molecule has 144 valence electrons. The van der Waals surface area contributed by atoms with Gasteiger partial charge in [-0.2, -0.15) is 0 Å². The van der Waals surface area contributed by atoms with Crippen molar-refractivity contribution in [3.05, 3.63) is 34.6 Å². The topological polar surface area (TPSA) is 72.9 Å². The normalized spacial score (nSPS) is 20.4. The number of rotatable bonds is 6. The predicted octanol–water partition coefficient (Wildman–Crippen LogP) is 3.12. The number of carboxylic acids is 1. The van der Waals surface area contributed by atoms with Gasteiger partial charge in [0.25, 0.3) is 0 Å². The molecule has 0 bridgehead atoms. The molecular formula is C18H25ClFN3O3. The number of carbonyl (C=O) groups excluding carboxylic acids is 1. The number of likely N-dealkylation sites (tertiary alicyclic amines) is 1. The van der Waals surface area contributed by atoms with Gasteiger partial charge in [0, 0.05) is 26.2 Å². The number of nitrogens with zero attached hydrogens (tertiary/aromatic N) is 2. The second-order valence-corrected chi connectivity index (χ2v) is 7.27. The van der Waals surface area contributed by atoms with Crippen molar-refractivity contribution in [2.24, 2.45) is 0 Å². The Hall–Kier alpha value is -1.86. The van der Waals surface area contributed by atoms with E-state index in [0.717, 1.165) is 18.5 Å². The van der Waals surface area contributed by atoms with Gasteiger partial charge in [0.2, 0.25) is 0 Å². The molecule has 8 heteroatoms. The molecule has 26 heavy (non-hydrogen) atoms. The van der Waals surface area contributed by atoms with E-state index in [2.05, 4.69) is 24.1 Å². The molecule has 0 saturated carbocycles. The van der Waals surface area contributed by atoms with Gasteiger partial charge in [0.1, 0.15) is 5.82 Å². The smallest absolute Gasteiger partial charge is 0.317 e. The van der Waals surface area contributed by atoms with E-state index in [4.69, 9.17) is 16.7 Å². The van der Waals surface area contributed by atoms with E-state index in [1.807, 2.05) is 0 Å². The van der Waals surface area contributed by atoms with Crippen molar-refractivity contribution < 1.29 is 19.1 Å². The lowest BCUT2D eigenvalue weighted by Crippen LogP contribution is -2.46. The van der Waals surface area contributed by atoms with Crippen LogP contribution in [-0.2, 0) is 4.79 Å². The Balaban J connectivity index is 2.16. The molecule has 0 spiro atoms. The molecule has 6 nitrogen and oxygen atoms in total. The Kier molecular flexibility index (Phi) is 6.83. The van der Waals surface area contributed by atoms with Crippen LogP contribution >= 0.6 is 11.6 Å². The number of benzene rings is 1. The van der Waals surface area contributed by atoms with Crippen LogP contribution in [0.5, 0.6) is 0 Å². The first-order valence-corrected chi connectivity index (χ1v) is 9.02. The Morgan fingerprint density at radius 2 is 2.15 bits per heavy atom. The second-order valence-electron chi connectivity index (χ2n) is 6.86. The summed E-state index contributed by atoms with van der Waals surface area (Å²) < 4.78 is 14.0. The predicted molar refractivity (Wildman–Crippen MR) is 97.8 cm³/mol. The number of aliphatic carboxylic acids is 1. The summed E-state index contributed by atoms with van der Waals surface area (Å²) in [5.74, 6) is -1.44. The highest BCUT2D eigenvalue weighted by Gasteiger charge is 2.38. The summed E-state index contributed by atoms with van der Waals surface area (Å²) in [7, 11) is 1.56. The number of hydrogen-bond donors (Lipinski definition) is 2. The Bertz CT molecular complexity index is 671. The van der Waals surface area contributed by atoms with Gasteiger partial charge in [-0.1, -0.05) is 17.7 Å². The van der Waals surface area contributed by atoms with E-state index in [1.165, 1.54) is 17.0 Å². The Morgan fingerprint density at radius 1 is 1.46 bits per heavy atom. The maximum Gasteiger partial charge on any atom is 0.317 e. The summed E-state index contributed by atoms with van der Waals surface area (Å²) in [5.41, 5.74) is 0.761. The first-order valence-electron chi connectivity index (χ1n) is 8.64. The first-order chi connectivity index (χ1) is 12.2. The monoisotopic (exact) mass is 385 g/mol. The maximum absolute atomic E-state index is 14.0. The summed E-state index contributed by atoms with van der Waals surface area (Å²) in [5, 5.41) is 11.8. The molecule has 1 saturated heterocycles. The van der Waals surface area contributed by atoms with Crippen LogP contribution in [0.3, 0.4) is 0 Å². The van der Waals surface area contributed by atoms with Crippen molar-refractivity contribution in [2.45, 2.75) is 44.8 Å². The summed E-state index contributed by atoms with van der Waals surface area (Å²) in [6.07, 6.45) is 0.615. The van der Waals surface area contributed by atoms with Crippen molar-refractivity contribution in [3.8, 4) is 0 Å². The standard InChI is InChI=1S/C18H25ClFN3O3/c1-11(2)23-9-6-15(21-18(26)22(3)8-7-16(24)25)17(23)12-4-5-13(19)14(20)10-12/h4-5,10-11,15,17H,6-9H2,1-3H3,(H,21,26)(H,24,25). The minimum atomic E-state index is -0.953. The van der Waals surface area contributed by atoms with Gasteiger partial charge >= 0.3 is 12.0 Å². The van der Waals surface area contributed by atoms with Crippen LogP contribution in [0.25, 0.3) is 0 Å². The average Bonchev–Trinajstić information content (AvgIpc) is 2.98. The molecule has 2 rings (SSSR count). The number of carbonyl (C=O) groups is 2. The average molecular weight is 386 g/mol. The zero-order valence-corrected chi connectivity index (χ0v) is 16.0. The Labute approximate surface area is 157 Å². The van der Waals surface area contributed by atoms with Gasteiger partial charge in [-0.25, -0.2) is 9.18 Å². The zero-order valence-electron chi connectivity index (χ0n) is 15.2. The molecular weight excluding hydrogens is 361 g/mol. The van der Waals surface area contributed by atoms with Crippen LogP contribution in [0.4, 0.5) is 9.18 Å². The third kappa shape index (κ3) is 4.86. The third-order valence-corrected chi connectivity index (χ3v) is 5.01. The third-order valence-electron chi connectivity index (χ3n) is 4.70. The molecule has 1 aliphatic heterocycles. The maximum atomic E-state index is 14.0. The van der Waals surface area contributed by atoms with E-state index in [0.29, 0.717) is 0 Å². The lowest BCUT2D eigenvalue weighted by Gasteiger charge is -2.32. The van der Waals surface area contributed by atoms with Gasteiger partial charge in [0.05, 0.1) is 23.5 Å². The van der Waals surface area contributed by atoms with Crippen molar-refractivity contribution in [1.82, 2.24) is 15.1 Å². The zero-order chi connectivity index (χ0) is 19.4. The van der Waals surface area contributed by atoms with Gasteiger partial charge < -0.3 is 15.3 Å². The highest BCUT2D eigenvalue weighted by molar-refractivity contribution is 6.30. The number of amides is 2. The van der Waals surface area contributed by atoms with E-state index in [9.17, 15) is 14.0 Å². The lowest BCUT2D eigenvalue weighted by atomic mass is 9.99. The molecule has 2 amide bonds. The molecule has 0 aromatic heterocycles. The fourth-order valence-corrected chi connectivity index (χ4v) is 3.42.